The number of benzene rings is 2. The third-order valence-electron chi connectivity index (χ3n) is 5.28. The molecule has 0 spiro atoms. The van der Waals surface area contributed by atoms with Gasteiger partial charge in [-0.3, -0.25) is 9.59 Å². The number of halogens is 2. The molecule has 0 saturated carbocycles. The number of amides is 2. The Balaban J connectivity index is 1.45. The van der Waals surface area contributed by atoms with Crippen LogP contribution in [0.4, 0.5) is 0 Å². The van der Waals surface area contributed by atoms with E-state index >= 15 is 0 Å². The van der Waals surface area contributed by atoms with Crippen molar-refractivity contribution in [1.29, 1.82) is 0 Å². The number of rotatable bonds is 6. The molecule has 2 amide bonds. The van der Waals surface area contributed by atoms with Crippen molar-refractivity contribution in [3.8, 4) is 17.0 Å². The maximum Gasteiger partial charge on any atom is 0.254 e. The van der Waals surface area contributed by atoms with Gasteiger partial charge in [0.15, 0.2) is 0 Å². The van der Waals surface area contributed by atoms with E-state index in [0.717, 1.165) is 22.4 Å². The van der Waals surface area contributed by atoms with Crippen molar-refractivity contribution in [2.75, 3.05) is 13.7 Å². The van der Waals surface area contributed by atoms with Gasteiger partial charge in [0.25, 0.3) is 5.91 Å². The van der Waals surface area contributed by atoms with Crippen molar-refractivity contribution in [2.45, 2.75) is 19.5 Å². The average molecular weight is 516 g/mol. The molecular formula is C23H20BrClN4O3. The van der Waals surface area contributed by atoms with Gasteiger partial charge in [-0.05, 0) is 63.8 Å². The molecule has 1 aliphatic heterocycles. The SMILES string of the molecule is COc1cccc([C@@H](C)NC(=O)CN2Cc3ccc(-c4nc(Cl)ncc4Br)cc3C2=O)c1. The summed E-state index contributed by atoms with van der Waals surface area (Å²) in [7, 11) is 1.60. The van der Waals surface area contributed by atoms with Gasteiger partial charge in [-0.2, -0.15) is 0 Å². The molecule has 164 valence electrons. The lowest BCUT2D eigenvalue weighted by Crippen LogP contribution is -2.38. The van der Waals surface area contributed by atoms with E-state index in [1.807, 2.05) is 43.3 Å². The molecule has 3 aromatic rings. The van der Waals surface area contributed by atoms with Gasteiger partial charge >= 0.3 is 0 Å². The Morgan fingerprint density at radius 2 is 2.12 bits per heavy atom. The van der Waals surface area contributed by atoms with Gasteiger partial charge in [0.05, 0.1) is 23.3 Å². The molecule has 0 aliphatic carbocycles. The summed E-state index contributed by atoms with van der Waals surface area (Å²) in [6.07, 6.45) is 1.57. The van der Waals surface area contributed by atoms with E-state index in [-0.39, 0.29) is 29.7 Å². The second-order valence-electron chi connectivity index (χ2n) is 7.43. The van der Waals surface area contributed by atoms with Crippen LogP contribution in [0.2, 0.25) is 5.28 Å². The highest BCUT2D eigenvalue weighted by molar-refractivity contribution is 9.10. The van der Waals surface area contributed by atoms with Crippen LogP contribution in [0.25, 0.3) is 11.3 Å². The largest absolute Gasteiger partial charge is 0.497 e. The van der Waals surface area contributed by atoms with Crippen LogP contribution >= 0.6 is 27.5 Å². The molecule has 2 heterocycles. The van der Waals surface area contributed by atoms with E-state index in [9.17, 15) is 9.59 Å². The van der Waals surface area contributed by atoms with Crippen LogP contribution in [0.3, 0.4) is 0 Å². The number of carbonyl (C=O) groups excluding carboxylic acids is 2. The first-order valence-corrected chi connectivity index (χ1v) is 11.1. The number of nitrogens with one attached hydrogen (secondary N) is 1. The molecule has 2 aromatic carbocycles. The number of ether oxygens (including phenoxy) is 1. The summed E-state index contributed by atoms with van der Waals surface area (Å²) < 4.78 is 5.92. The molecule has 9 heteroatoms. The number of hydrogen-bond donors (Lipinski definition) is 1. The minimum Gasteiger partial charge on any atom is -0.497 e. The smallest absolute Gasteiger partial charge is 0.254 e. The molecule has 32 heavy (non-hydrogen) atoms. The average Bonchev–Trinajstić information content (AvgIpc) is 3.09. The van der Waals surface area contributed by atoms with Crippen molar-refractivity contribution < 1.29 is 14.3 Å². The molecule has 0 fully saturated rings. The maximum absolute atomic E-state index is 13.0. The molecular weight excluding hydrogens is 496 g/mol. The summed E-state index contributed by atoms with van der Waals surface area (Å²) in [5.41, 5.74) is 3.68. The molecule has 1 N–H and O–H groups in total. The summed E-state index contributed by atoms with van der Waals surface area (Å²) in [5, 5.41) is 3.07. The van der Waals surface area contributed by atoms with E-state index < -0.39 is 0 Å². The van der Waals surface area contributed by atoms with Crippen LogP contribution in [0.1, 0.15) is 34.5 Å². The number of methoxy groups -OCH3 is 1. The van der Waals surface area contributed by atoms with E-state index in [1.165, 1.54) is 4.90 Å². The molecule has 1 atom stereocenters. The Labute approximate surface area is 198 Å². The van der Waals surface area contributed by atoms with Crippen LogP contribution in [-0.2, 0) is 11.3 Å². The molecule has 0 radical (unpaired) electrons. The zero-order chi connectivity index (χ0) is 22.8. The number of fused-ring (bicyclic) bond motifs is 1. The highest BCUT2D eigenvalue weighted by Gasteiger charge is 2.29. The molecule has 0 unspecified atom stereocenters. The highest BCUT2D eigenvalue weighted by Crippen LogP contribution is 2.31. The van der Waals surface area contributed by atoms with Crippen molar-refractivity contribution in [3.05, 3.63) is 75.1 Å². The molecule has 7 nitrogen and oxygen atoms in total. The number of aromatic nitrogens is 2. The molecule has 0 bridgehead atoms. The third kappa shape index (κ3) is 4.61. The van der Waals surface area contributed by atoms with Crippen LogP contribution in [0.15, 0.2) is 53.1 Å². The number of carbonyl (C=O) groups is 2. The Hall–Kier alpha value is -2.97. The van der Waals surface area contributed by atoms with E-state index in [4.69, 9.17) is 16.3 Å². The van der Waals surface area contributed by atoms with Crippen LogP contribution < -0.4 is 10.1 Å². The summed E-state index contributed by atoms with van der Waals surface area (Å²) in [6, 6.07) is 12.8. The fourth-order valence-electron chi connectivity index (χ4n) is 3.64. The number of hydrogen-bond acceptors (Lipinski definition) is 5. The Morgan fingerprint density at radius 1 is 1.31 bits per heavy atom. The Morgan fingerprint density at radius 3 is 2.91 bits per heavy atom. The van der Waals surface area contributed by atoms with Crippen molar-refractivity contribution >= 4 is 39.3 Å². The van der Waals surface area contributed by atoms with E-state index in [1.54, 1.807) is 19.4 Å². The monoisotopic (exact) mass is 514 g/mol. The molecule has 1 aliphatic rings. The summed E-state index contributed by atoms with van der Waals surface area (Å²) >= 11 is 9.34. The first kappa shape index (κ1) is 22.2. The maximum atomic E-state index is 13.0. The van der Waals surface area contributed by atoms with Gasteiger partial charge in [0.2, 0.25) is 11.2 Å². The van der Waals surface area contributed by atoms with Gasteiger partial charge in [-0.1, -0.05) is 24.3 Å². The predicted molar refractivity (Wildman–Crippen MR) is 124 cm³/mol. The Kier molecular flexibility index (Phi) is 6.43. The quantitative estimate of drug-likeness (QED) is 0.492. The van der Waals surface area contributed by atoms with Crippen LogP contribution in [0.5, 0.6) is 5.75 Å². The lowest BCUT2D eigenvalue weighted by Gasteiger charge is -2.19. The van der Waals surface area contributed by atoms with E-state index in [0.29, 0.717) is 22.3 Å². The lowest BCUT2D eigenvalue weighted by molar-refractivity contribution is -0.122. The van der Waals surface area contributed by atoms with Gasteiger partial charge < -0.3 is 15.0 Å². The zero-order valence-electron chi connectivity index (χ0n) is 17.4. The standard InChI is InChI=1S/C23H20BrClN4O3/c1-13(14-4-3-5-17(8-14)32-2)27-20(30)12-29-11-16-7-6-15(9-18(16)22(29)31)21-19(24)10-26-23(25)28-21/h3-10,13H,11-12H2,1-2H3,(H,27,30)/t13-/m1/s1. The number of nitrogens with zero attached hydrogens (tertiary/aromatic N) is 3. The zero-order valence-corrected chi connectivity index (χ0v) is 19.8. The predicted octanol–water partition coefficient (Wildman–Crippen LogP) is 4.40. The first-order valence-electron chi connectivity index (χ1n) is 9.89. The van der Waals surface area contributed by atoms with Crippen LogP contribution in [0, 0.1) is 0 Å². The van der Waals surface area contributed by atoms with Crippen molar-refractivity contribution in [3.63, 3.8) is 0 Å². The lowest BCUT2D eigenvalue weighted by atomic mass is 10.0. The van der Waals surface area contributed by atoms with Gasteiger partial charge in [-0.25, -0.2) is 9.97 Å². The normalized spacial score (nSPS) is 13.6. The third-order valence-corrected chi connectivity index (χ3v) is 6.05. The van der Waals surface area contributed by atoms with Crippen LogP contribution in [-0.4, -0.2) is 40.3 Å². The second-order valence-corrected chi connectivity index (χ2v) is 8.63. The fraction of sp³-hybridized carbons (Fsp3) is 0.217. The molecule has 4 rings (SSSR count). The van der Waals surface area contributed by atoms with Crippen molar-refractivity contribution in [1.82, 2.24) is 20.2 Å². The van der Waals surface area contributed by atoms with E-state index in [2.05, 4.69) is 31.2 Å². The molecule has 1 aromatic heterocycles. The summed E-state index contributed by atoms with van der Waals surface area (Å²) in [5.74, 6) is 0.301. The minimum absolute atomic E-state index is 0.0276. The minimum atomic E-state index is -0.230. The molecule has 0 saturated heterocycles. The second kappa shape index (κ2) is 9.26. The van der Waals surface area contributed by atoms with Gasteiger partial charge in [0, 0.05) is 23.9 Å². The van der Waals surface area contributed by atoms with Gasteiger partial charge in [0.1, 0.15) is 12.3 Å². The summed E-state index contributed by atoms with van der Waals surface area (Å²) in [6.45, 7) is 2.24. The highest BCUT2D eigenvalue weighted by atomic mass is 79.9. The topological polar surface area (TPSA) is 84.4 Å². The fourth-order valence-corrected chi connectivity index (χ4v) is 4.19. The van der Waals surface area contributed by atoms with Crippen molar-refractivity contribution in [2.24, 2.45) is 0 Å². The first-order chi connectivity index (χ1) is 15.4. The summed E-state index contributed by atoms with van der Waals surface area (Å²) in [4.78, 5) is 35.3. The van der Waals surface area contributed by atoms with Gasteiger partial charge in [-0.15, -0.1) is 0 Å². The Bertz CT molecular complexity index is 1200.